The molecular formula is C27H23NO3. The number of fused-ring (bicyclic) bond motifs is 1. The van der Waals surface area contributed by atoms with Gasteiger partial charge in [0.15, 0.2) is 6.10 Å². The lowest BCUT2D eigenvalue weighted by molar-refractivity contribution is 0.0320. The minimum absolute atomic E-state index is 0.230. The van der Waals surface area contributed by atoms with Crippen LogP contribution in [0.4, 0.5) is 0 Å². The van der Waals surface area contributed by atoms with Gasteiger partial charge in [-0.05, 0) is 32.4 Å². The number of rotatable bonds is 5. The maximum atomic E-state index is 13.2. The van der Waals surface area contributed by atoms with Crippen LogP contribution in [0.1, 0.15) is 38.8 Å². The van der Waals surface area contributed by atoms with Crippen molar-refractivity contribution in [3.63, 3.8) is 0 Å². The van der Waals surface area contributed by atoms with Crippen molar-refractivity contribution in [2.75, 3.05) is 0 Å². The smallest absolute Gasteiger partial charge is 0.339 e. The van der Waals surface area contributed by atoms with E-state index in [1.807, 2.05) is 74.5 Å². The summed E-state index contributed by atoms with van der Waals surface area (Å²) in [6.07, 6.45) is -0.900. The van der Waals surface area contributed by atoms with E-state index in [9.17, 15) is 9.59 Å². The minimum Gasteiger partial charge on any atom is -0.451 e. The van der Waals surface area contributed by atoms with Crippen molar-refractivity contribution < 1.29 is 14.3 Å². The van der Waals surface area contributed by atoms with E-state index in [0.29, 0.717) is 22.2 Å². The average molecular weight is 409 g/mol. The molecule has 0 spiro atoms. The van der Waals surface area contributed by atoms with Crippen molar-refractivity contribution in [3.05, 3.63) is 101 Å². The van der Waals surface area contributed by atoms with E-state index in [1.54, 1.807) is 25.1 Å². The van der Waals surface area contributed by atoms with Gasteiger partial charge in [-0.15, -0.1) is 0 Å². The fraction of sp³-hybridized carbons (Fsp3) is 0.148. The van der Waals surface area contributed by atoms with Gasteiger partial charge in [0.25, 0.3) is 0 Å². The van der Waals surface area contributed by atoms with E-state index in [-0.39, 0.29) is 5.78 Å². The zero-order valence-electron chi connectivity index (χ0n) is 17.8. The van der Waals surface area contributed by atoms with E-state index in [0.717, 1.165) is 22.2 Å². The van der Waals surface area contributed by atoms with Crippen LogP contribution in [0.2, 0.25) is 0 Å². The van der Waals surface area contributed by atoms with Crippen LogP contribution < -0.4 is 0 Å². The van der Waals surface area contributed by atoms with Gasteiger partial charge in [-0.1, -0.05) is 78.4 Å². The lowest BCUT2D eigenvalue weighted by Crippen LogP contribution is -2.24. The number of benzene rings is 3. The first kappa shape index (κ1) is 20.5. The molecule has 1 aromatic heterocycles. The van der Waals surface area contributed by atoms with Gasteiger partial charge in [0.2, 0.25) is 5.78 Å². The van der Waals surface area contributed by atoms with E-state index in [2.05, 4.69) is 0 Å². The number of para-hydroxylation sites is 1. The Morgan fingerprint density at radius 3 is 2.29 bits per heavy atom. The van der Waals surface area contributed by atoms with E-state index >= 15 is 0 Å². The van der Waals surface area contributed by atoms with Gasteiger partial charge in [-0.25, -0.2) is 9.78 Å². The number of hydrogen-bond donors (Lipinski definition) is 0. The number of pyridine rings is 1. The molecule has 0 aliphatic rings. The maximum absolute atomic E-state index is 13.2. The van der Waals surface area contributed by atoms with Gasteiger partial charge < -0.3 is 4.74 Å². The molecule has 0 aliphatic carbocycles. The topological polar surface area (TPSA) is 56.3 Å². The number of carbonyl (C=O) groups excluding carboxylic acids is 2. The lowest BCUT2D eigenvalue weighted by Gasteiger charge is -2.15. The molecule has 0 N–H and O–H groups in total. The summed E-state index contributed by atoms with van der Waals surface area (Å²) in [6, 6.07) is 24.4. The molecule has 0 bridgehead atoms. The molecule has 1 heterocycles. The Morgan fingerprint density at radius 2 is 1.58 bits per heavy atom. The highest BCUT2D eigenvalue weighted by atomic mass is 16.5. The van der Waals surface area contributed by atoms with Crippen LogP contribution in [0.15, 0.2) is 78.9 Å². The Hall–Kier alpha value is -3.79. The maximum Gasteiger partial charge on any atom is 0.339 e. The third-order valence-electron chi connectivity index (χ3n) is 5.32. The molecule has 4 rings (SSSR count). The van der Waals surface area contributed by atoms with Crippen LogP contribution in [0.5, 0.6) is 0 Å². The summed E-state index contributed by atoms with van der Waals surface area (Å²) in [4.78, 5) is 30.7. The number of Topliss-reactive ketones (excluding diaryl/α,β-unsaturated/α-hetero) is 1. The number of ketones is 1. The third kappa shape index (κ3) is 4.24. The predicted molar refractivity (Wildman–Crippen MR) is 122 cm³/mol. The lowest BCUT2D eigenvalue weighted by atomic mass is 10.0. The summed E-state index contributed by atoms with van der Waals surface area (Å²) < 4.78 is 5.61. The van der Waals surface area contributed by atoms with Gasteiger partial charge in [-0.2, -0.15) is 0 Å². The number of nitrogens with zero attached hydrogens (tertiary/aromatic N) is 1. The Bertz CT molecular complexity index is 1260. The zero-order valence-corrected chi connectivity index (χ0v) is 17.8. The minimum atomic E-state index is -0.900. The van der Waals surface area contributed by atoms with Crippen molar-refractivity contribution in [2.24, 2.45) is 0 Å². The molecule has 0 fully saturated rings. The second-order valence-electron chi connectivity index (χ2n) is 7.67. The molecule has 154 valence electrons. The van der Waals surface area contributed by atoms with Gasteiger partial charge >= 0.3 is 5.97 Å². The molecular weight excluding hydrogens is 386 g/mol. The van der Waals surface area contributed by atoms with Crippen molar-refractivity contribution in [1.82, 2.24) is 4.98 Å². The van der Waals surface area contributed by atoms with Crippen LogP contribution in [-0.2, 0) is 4.74 Å². The first-order chi connectivity index (χ1) is 14.9. The molecule has 0 saturated heterocycles. The number of carbonyl (C=O) groups is 2. The van der Waals surface area contributed by atoms with Crippen molar-refractivity contribution in [3.8, 4) is 11.3 Å². The Kier molecular flexibility index (Phi) is 5.63. The third-order valence-corrected chi connectivity index (χ3v) is 5.32. The highest BCUT2D eigenvalue weighted by molar-refractivity contribution is 6.07. The summed E-state index contributed by atoms with van der Waals surface area (Å²) >= 11 is 0. The van der Waals surface area contributed by atoms with Crippen LogP contribution in [-0.4, -0.2) is 22.8 Å². The van der Waals surface area contributed by atoms with E-state index < -0.39 is 12.1 Å². The van der Waals surface area contributed by atoms with Gasteiger partial charge in [0, 0.05) is 16.5 Å². The first-order valence-electron chi connectivity index (χ1n) is 10.2. The zero-order chi connectivity index (χ0) is 22.0. The number of esters is 1. The van der Waals surface area contributed by atoms with Crippen molar-refractivity contribution >= 4 is 22.7 Å². The summed E-state index contributed by atoms with van der Waals surface area (Å²) in [6.45, 7) is 5.52. The second-order valence-corrected chi connectivity index (χ2v) is 7.67. The standard InChI is InChI=1S/C27H23NO3/c1-17-12-14-21(15-13-17)26(29)19(3)31-27(30)23-16-24(20-9-5-4-6-10-20)28-25-18(2)8-7-11-22(23)25/h4-16,19H,1-3H3/t19-/m1/s1. The highest BCUT2D eigenvalue weighted by Crippen LogP contribution is 2.27. The van der Waals surface area contributed by atoms with Gasteiger partial charge in [0.1, 0.15) is 0 Å². The molecule has 31 heavy (non-hydrogen) atoms. The number of ether oxygens (including phenoxy) is 1. The predicted octanol–water partition coefficient (Wildman–Crippen LogP) is 5.95. The quantitative estimate of drug-likeness (QED) is 0.302. The summed E-state index contributed by atoms with van der Waals surface area (Å²) in [5, 5.41) is 0.708. The van der Waals surface area contributed by atoms with Gasteiger partial charge in [0.05, 0.1) is 16.8 Å². The fourth-order valence-corrected chi connectivity index (χ4v) is 3.55. The molecule has 0 unspecified atom stereocenters. The summed E-state index contributed by atoms with van der Waals surface area (Å²) in [5.74, 6) is -0.769. The summed E-state index contributed by atoms with van der Waals surface area (Å²) in [7, 11) is 0. The summed E-state index contributed by atoms with van der Waals surface area (Å²) in [5.41, 5.74) is 5.29. The first-order valence-corrected chi connectivity index (χ1v) is 10.2. The van der Waals surface area contributed by atoms with Crippen LogP contribution in [0.25, 0.3) is 22.2 Å². The highest BCUT2D eigenvalue weighted by Gasteiger charge is 2.23. The molecule has 4 aromatic rings. The molecule has 0 aliphatic heterocycles. The molecule has 0 saturated carbocycles. The molecule has 4 heteroatoms. The molecule has 0 amide bonds. The average Bonchev–Trinajstić information content (AvgIpc) is 2.79. The fourth-order valence-electron chi connectivity index (χ4n) is 3.55. The number of aromatic nitrogens is 1. The van der Waals surface area contributed by atoms with Crippen LogP contribution in [0, 0.1) is 13.8 Å². The Labute approximate surface area is 181 Å². The van der Waals surface area contributed by atoms with Crippen molar-refractivity contribution in [1.29, 1.82) is 0 Å². The second kappa shape index (κ2) is 8.52. The Balaban J connectivity index is 1.70. The molecule has 0 radical (unpaired) electrons. The SMILES string of the molecule is Cc1ccc(C(=O)[C@@H](C)OC(=O)c2cc(-c3ccccc3)nc3c(C)cccc23)cc1. The molecule has 1 atom stereocenters. The van der Waals surface area contributed by atoms with Crippen LogP contribution >= 0.6 is 0 Å². The van der Waals surface area contributed by atoms with E-state index in [4.69, 9.17) is 9.72 Å². The van der Waals surface area contributed by atoms with Crippen LogP contribution in [0.3, 0.4) is 0 Å². The van der Waals surface area contributed by atoms with Crippen molar-refractivity contribution in [2.45, 2.75) is 26.9 Å². The normalized spacial score (nSPS) is 11.8. The van der Waals surface area contributed by atoms with Gasteiger partial charge in [-0.3, -0.25) is 4.79 Å². The number of hydrogen-bond acceptors (Lipinski definition) is 4. The Morgan fingerprint density at radius 1 is 0.871 bits per heavy atom. The molecule has 3 aromatic carbocycles. The number of aryl methyl sites for hydroxylation is 2. The monoisotopic (exact) mass is 409 g/mol. The van der Waals surface area contributed by atoms with E-state index in [1.165, 1.54) is 0 Å². The molecule has 4 nitrogen and oxygen atoms in total. The largest absolute Gasteiger partial charge is 0.451 e.